The van der Waals surface area contributed by atoms with Crippen LogP contribution in [0.2, 0.25) is 10.0 Å². The van der Waals surface area contributed by atoms with E-state index in [0.717, 1.165) is 29.4 Å². The van der Waals surface area contributed by atoms with E-state index in [9.17, 15) is 4.79 Å². The minimum Gasteiger partial charge on any atom is -0.321 e. The SMILES string of the molecule is O=C(Nc1c(Cl)cc(Cl)c2c1N=S=N2)C1CSCCN1. The Morgan fingerprint density at radius 3 is 2.90 bits per heavy atom. The molecule has 0 radical (unpaired) electrons. The minimum atomic E-state index is -0.220. The third-order valence-electron chi connectivity index (χ3n) is 2.93. The van der Waals surface area contributed by atoms with Crippen molar-refractivity contribution in [2.24, 2.45) is 8.73 Å². The molecule has 0 saturated carbocycles. The second-order valence-electron chi connectivity index (χ2n) is 4.25. The van der Waals surface area contributed by atoms with Gasteiger partial charge in [-0.2, -0.15) is 20.5 Å². The summed E-state index contributed by atoms with van der Waals surface area (Å²) in [6.45, 7) is 0.824. The van der Waals surface area contributed by atoms with E-state index in [-0.39, 0.29) is 11.9 Å². The Bertz CT molecular complexity index is 640. The molecule has 1 atom stereocenters. The van der Waals surface area contributed by atoms with Crippen LogP contribution in [0.5, 0.6) is 0 Å². The summed E-state index contributed by atoms with van der Waals surface area (Å²) in [5, 5.41) is 6.81. The van der Waals surface area contributed by atoms with E-state index in [1.54, 1.807) is 17.8 Å². The van der Waals surface area contributed by atoms with Crippen LogP contribution in [-0.2, 0) is 16.1 Å². The third-order valence-corrected chi connectivity index (χ3v) is 5.11. The molecule has 0 bridgehead atoms. The summed E-state index contributed by atoms with van der Waals surface area (Å²) in [6, 6.07) is 1.35. The van der Waals surface area contributed by atoms with Gasteiger partial charge in [0.2, 0.25) is 5.91 Å². The molecule has 2 aliphatic rings. The summed E-state index contributed by atoms with van der Waals surface area (Å²) < 4.78 is 8.27. The maximum absolute atomic E-state index is 12.2. The number of nitrogens with one attached hydrogen (secondary N) is 2. The van der Waals surface area contributed by atoms with Crippen molar-refractivity contribution in [1.29, 1.82) is 0 Å². The second kappa shape index (κ2) is 6.03. The largest absolute Gasteiger partial charge is 0.321 e. The molecule has 5 nitrogen and oxygen atoms in total. The molecule has 1 aromatic rings. The molecule has 1 saturated heterocycles. The molecule has 2 heterocycles. The maximum atomic E-state index is 12.2. The number of amides is 1. The van der Waals surface area contributed by atoms with Crippen LogP contribution in [0.1, 0.15) is 0 Å². The third kappa shape index (κ3) is 2.73. The van der Waals surface area contributed by atoms with Crippen molar-refractivity contribution in [2.45, 2.75) is 6.04 Å². The first-order chi connectivity index (χ1) is 9.66. The first-order valence-electron chi connectivity index (χ1n) is 5.89. The summed E-state index contributed by atoms with van der Waals surface area (Å²) >= 11 is 15.0. The zero-order chi connectivity index (χ0) is 14.1. The number of hydrogen-bond donors (Lipinski definition) is 2. The molecule has 0 aliphatic carbocycles. The van der Waals surface area contributed by atoms with Crippen molar-refractivity contribution in [1.82, 2.24) is 5.32 Å². The Hall–Kier alpha value is -0.600. The van der Waals surface area contributed by atoms with Crippen molar-refractivity contribution in [3.05, 3.63) is 16.1 Å². The van der Waals surface area contributed by atoms with Gasteiger partial charge in [-0.15, -0.1) is 0 Å². The highest BCUT2D eigenvalue weighted by molar-refractivity contribution is 7.99. The molecule has 1 unspecified atom stereocenters. The highest BCUT2D eigenvalue weighted by Crippen LogP contribution is 2.47. The Kier molecular flexibility index (Phi) is 4.32. The van der Waals surface area contributed by atoms with Crippen LogP contribution in [0.25, 0.3) is 0 Å². The van der Waals surface area contributed by atoms with Crippen molar-refractivity contribution < 1.29 is 4.79 Å². The van der Waals surface area contributed by atoms with E-state index >= 15 is 0 Å². The van der Waals surface area contributed by atoms with E-state index in [4.69, 9.17) is 23.2 Å². The van der Waals surface area contributed by atoms with Crippen molar-refractivity contribution in [3.8, 4) is 0 Å². The monoisotopic (exact) mass is 348 g/mol. The van der Waals surface area contributed by atoms with Gasteiger partial charge in [-0.1, -0.05) is 23.2 Å². The lowest BCUT2D eigenvalue weighted by molar-refractivity contribution is -0.117. The van der Waals surface area contributed by atoms with Gasteiger partial charge in [0.25, 0.3) is 0 Å². The van der Waals surface area contributed by atoms with Crippen LogP contribution in [0.15, 0.2) is 14.8 Å². The summed E-state index contributed by atoms with van der Waals surface area (Å²) in [4.78, 5) is 12.2. The van der Waals surface area contributed by atoms with Crippen molar-refractivity contribution >= 4 is 69.3 Å². The summed E-state index contributed by atoms with van der Waals surface area (Å²) in [5.41, 5.74) is 1.56. The molecule has 1 amide bonds. The average Bonchev–Trinajstić information content (AvgIpc) is 2.94. The molecule has 106 valence electrons. The van der Waals surface area contributed by atoms with Gasteiger partial charge < -0.3 is 10.6 Å². The van der Waals surface area contributed by atoms with E-state index in [2.05, 4.69) is 19.4 Å². The van der Waals surface area contributed by atoms with Gasteiger partial charge in [-0.05, 0) is 6.07 Å². The van der Waals surface area contributed by atoms with Gasteiger partial charge in [-0.3, -0.25) is 4.79 Å². The molecule has 1 aromatic carbocycles. The van der Waals surface area contributed by atoms with Crippen LogP contribution >= 0.6 is 35.0 Å². The van der Waals surface area contributed by atoms with Gasteiger partial charge in [0.15, 0.2) is 0 Å². The molecule has 2 N–H and O–H groups in total. The summed E-state index contributed by atoms with van der Waals surface area (Å²) in [5.74, 6) is 1.65. The van der Waals surface area contributed by atoms with Gasteiger partial charge in [0, 0.05) is 18.1 Å². The first kappa shape index (κ1) is 14.3. The van der Waals surface area contributed by atoms with Gasteiger partial charge in [0.1, 0.15) is 11.4 Å². The number of nitrogens with zero attached hydrogens (tertiary/aromatic N) is 2. The number of benzene rings is 1. The highest BCUT2D eigenvalue weighted by Gasteiger charge is 2.25. The number of anilines is 1. The van der Waals surface area contributed by atoms with Gasteiger partial charge in [-0.25, -0.2) is 0 Å². The number of hydrogen-bond acceptors (Lipinski definition) is 5. The molecule has 9 heteroatoms. The number of fused-ring (bicyclic) bond motifs is 1. The zero-order valence-corrected chi connectivity index (χ0v) is 13.3. The average molecular weight is 349 g/mol. The van der Waals surface area contributed by atoms with Crippen LogP contribution in [0.4, 0.5) is 17.1 Å². The Morgan fingerprint density at radius 2 is 2.15 bits per heavy atom. The predicted octanol–water partition coefficient (Wildman–Crippen LogP) is 3.36. The molecule has 1 fully saturated rings. The molecule has 3 rings (SSSR count). The van der Waals surface area contributed by atoms with E-state index in [1.165, 1.54) is 0 Å². The smallest absolute Gasteiger partial charge is 0.242 e. The van der Waals surface area contributed by atoms with Gasteiger partial charge >= 0.3 is 0 Å². The normalized spacial score (nSPS) is 20.4. The van der Waals surface area contributed by atoms with Crippen LogP contribution in [0, 0.1) is 0 Å². The van der Waals surface area contributed by atoms with Crippen molar-refractivity contribution in [2.75, 3.05) is 23.4 Å². The number of carbonyl (C=O) groups excluding carboxylic acids is 1. The van der Waals surface area contributed by atoms with Gasteiger partial charge in [0.05, 0.1) is 33.1 Å². The zero-order valence-electron chi connectivity index (χ0n) is 10.2. The first-order valence-corrected chi connectivity index (χ1v) is 8.53. The number of halogens is 2. The minimum absolute atomic E-state index is 0.115. The van der Waals surface area contributed by atoms with E-state index < -0.39 is 0 Å². The fraction of sp³-hybridized carbons (Fsp3) is 0.364. The topological polar surface area (TPSA) is 65.8 Å². The van der Waals surface area contributed by atoms with E-state index in [1.807, 2.05) is 0 Å². The lowest BCUT2D eigenvalue weighted by atomic mass is 10.2. The quantitative estimate of drug-likeness (QED) is 0.874. The van der Waals surface area contributed by atoms with Crippen LogP contribution in [-0.4, -0.2) is 30.0 Å². The molecular formula is C11H10Cl2N4OS2. The number of thioether (sulfide) groups is 1. The summed E-state index contributed by atoms with van der Waals surface area (Å²) in [6.07, 6.45) is 0. The Labute approximate surface area is 133 Å². The summed E-state index contributed by atoms with van der Waals surface area (Å²) in [7, 11) is 0. The second-order valence-corrected chi connectivity index (χ2v) is 6.74. The molecule has 20 heavy (non-hydrogen) atoms. The molecular weight excluding hydrogens is 339 g/mol. The number of carbonyl (C=O) groups is 1. The lowest BCUT2D eigenvalue weighted by Gasteiger charge is -2.22. The predicted molar refractivity (Wildman–Crippen MR) is 85.7 cm³/mol. The molecule has 2 aliphatic heterocycles. The molecule has 0 aromatic heterocycles. The highest BCUT2D eigenvalue weighted by atomic mass is 35.5. The fourth-order valence-corrected chi connectivity index (χ4v) is 4.03. The van der Waals surface area contributed by atoms with Crippen LogP contribution < -0.4 is 10.6 Å². The standard InChI is InChI=1S/C11H10Cl2N4OS2/c12-5-3-6(13)9-10(17-20-16-9)8(5)15-11(18)7-4-19-2-1-14-7/h3,7,14H,1-2,4H2,(H,15,18). The Balaban J connectivity index is 1.86. The number of rotatable bonds is 2. The van der Waals surface area contributed by atoms with Crippen molar-refractivity contribution in [3.63, 3.8) is 0 Å². The maximum Gasteiger partial charge on any atom is 0.242 e. The molecule has 0 spiro atoms. The van der Waals surface area contributed by atoms with Crippen LogP contribution in [0.3, 0.4) is 0 Å². The lowest BCUT2D eigenvalue weighted by Crippen LogP contribution is -2.46. The Morgan fingerprint density at radius 1 is 1.35 bits per heavy atom. The van der Waals surface area contributed by atoms with E-state index in [0.29, 0.717) is 27.1 Å². The fourth-order valence-electron chi connectivity index (χ4n) is 1.94.